The van der Waals surface area contributed by atoms with Gasteiger partial charge in [-0.15, -0.1) is 0 Å². The normalized spacial score (nSPS) is 35.5. The molecule has 4 atom stereocenters. The maximum atomic E-state index is 11.4. The third kappa shape index (κ3) is 2.33. The van der Waals surface area contributed by atoms with Crippen molar-refractivity contribution in [2.24, 2.45) is 17.8 Å². The molecule has 1 amide bonds. The zero-order valence-corrected chi connectivity index (χ0v) is 9.66. The molecule has 0 unspecified atom stereocenters. The molecule has 0 spiro atoms. The van der Waals surface area contributed by atoms with Crippen LogP contribution < -0.4 is 5.32 Å². The maximum Gasteiger partial charge on any atom is 0.246 e. The molecule has 0 aromatic heterocycles. The Morgan fingerprint density at radius 1 is 1.47 bits per heavy atom. The first-order valence-electron chi connectivity index (χ1n) is 5.99. The summed E-state index contributed by atoms with van der Waals surface area (Å²) in [5.41, 5.74) is 0. The number of rotatable bonds is 4. The van der Waals surface area contributed by atoms with Gasteiger partial charge in [-0.25, -0.2) is 0 Å². The first-order valence-corrected chi connectivity index (χ1v) is 5.99. The number of nitrogens with one attached hydrogen (secondary N) is 1. The Bertz CT molecular complexity index is 242. The summed E-state index contributed by atoms with van der Waals surface area (Å²) in [5.74, 6) is 2.55. The molecular weight excluding hydrogens is 190 g/mol. The van der Waals surface area contributed by atoms with E-state index in [9.17, 15) is 4.79 Å². The van der Waals surface area contributed by atoms with E-state index in [1.807, 2.05) is 0 Å². The summed E-state index contributed by atoms with van der Waals surface area (Å²) < 4.78 is 4.82. The first-order chi connectivity index (χ1) is 7.20. The van der Waals surface area contributed by atoms with Gasteiger partial charge in [0.15, 0.2) is 0 Å². The summed E-state index contributed by atoms with van der Waals surface area (Å²) in [7, 11) is 1.56. The molecule has 3 nitrogen and oxygen atoms in total. The number of hydrogen-bond acceptors (Lipinski definition) is 2. The second-order valence-corrected chi connectivity index (χ2v) is 5.13. The Morgan fingerprint density at radius 3 is 2.80 bits per heavy atom. The Hall–Kier alpha value is -0.570. The highest BCUT2D eigenvalue weighted by molar-refractivity contribution is 5.77. The molecule has 2 aliphatic rings. The Kier molecular flexibility index (Phi) is 3.29. The predicted octanol–water partition coefficient (Wildman–Crippen LogP) is 1.57. The van der Waals surface area contributed by atoms with Crippen LogP contribution in [0, 0.1) is 17.8 Å². The van der Waals surface area contributed by atoms with Gasteiger partial charge in [-0.05, 0) is 43.9 Å². The minimum absolute atomic E-state index is 0.0211. The SMILES string of the molecule is COCC(=O)N[C@H](C)[C@@H]1C[C@H]2CC[C@H]1C2. The molecule has 2 fully saturated rings. The summed E-state index contributed by atoms with van der Waals surface area (Å²) >= 11 is 0. The first kappa shape index (κ1) is 10.9. The standard InChI is InChI=1S/C12H21NO2/c1-8(13-12(14)7-15-2)11-6-9-3-4-10(11)5-9/h8-11H,3-7H2,1-2H3,(H,13,14)/t8-,9+,10+,11+/m1/s1. The molecule has 0 aliphatic heterocycles. The highest BCUT2D eigenvalue weighted by Crippen LogP contribution is 2.49. The van der Waals surface area contributed by atoms with Gasteiger partial charge in [-0.1, -0.05) is 6.42 Å². The van der Waals surface area contributed by atoms with Crippen LogP contribution in [0.25, 0.3) is 0 Å². The van der Waals surface area contributed by atoms with Crippen molar-refractivity contribution in [2.75, 3.05) is 13.7 Å². The van der Waals surface area contributed by atoms with Gasteiger partial charge in [0, 0.05) is 13.2 Å². The van der Waals surface area contributed by atoms with Gasteiger partial charge in [-0.2, -0.15) is 0 Å². The molecule has 2 saturated carbocycles. The summed E-state index contributed by atoms with van der Waals surface area (Å²) in [6.07, 6.45) is 5.51. The van der Waals surface area contributed by atoms with Crippen LogP contribution in [0.5, 0.6) is 0 Å². The molecule has 2 aliphatic carbocycles. The monoisotopic (exact) mass is 211 g/mol. The quantitative estimate of drug-likeness (QED) is 0.766. The van der Waals surface area contributed by atoms with E-state index in [-0.39, 0.29) is 12.5 Å². The Labute approximate surface area is 91.6 Å². The van der Waals surface area contributed by atoms with Crippen LogP contribution in [0.2, 0.25) is 0 Å². The van der Waals surface area contributed by atoms with E-state index in [0.29, 0.717) is 12.0 Å². The molecule has 0 saturated heterocycles. The van der Waals surface area contributed by atoms with Gasteiger partial charge in [0.25, 0.3) is 0 Å². The number of fused-ring (bicyclic) bond motifs is 2. The average Bonchev–Trinajstić information content (AvgIpc) is 2.78. The van der Waals surface area contributed by atoms with Crippen molar-refractivity contribution in [1.29, 1.82) is 0 Å². The lowest BCUT2D eigenvalue weighted by Crippen LogP contribution is -2.41. The lowest BCUT2D eigenvalue weighted by Gasteiger charge is -2.28. The smallest absolute Gasteiger partial charge is 0.246 e. The molecule has 1 N–H and O–H groups in total. The van der Waals surface area contributed by atoms with Crippen molar-refractivity contribution in [3.05, 3.63) is 0 Å². The highest BCUT2D eigenvalue weighted by Gasteiger charge is 2.41. The van der Waals surface area contributed by atoms with Gasteiger partial charge in [0.1, 0.15) is 6.61 Å². The second kappa shape index (κ2) is 4.52. The van der Waals surface area contributed by atoms with Crippen LogP contribution >= 0.6 is 0 Å². The zero-order chi connectivity index (χ0) is 10.8. The molecule has 2 rings (SSSR count). The van der Waals surface area contributed by atoms with Crippen LogP contribution in [0.1, 0.15) is 32.6 Å². The Balaban J connectivity index is 1.81. The van der Waals surface area contributed by atoms with Crippen molar-refractivity contribution >= 4 is 5.91 Å². The fourth-order valence-corrected chi connectivity index (χ4v) is 3.44. The van der Waals surface area contributed by atoms with E-state index >= 15 is 0 Å². The summed E-state index contributed by atoms with van der Waals surface area (Å²) in [6.45, 7) is 2.32. The number of methoxy groups -OCH3 is 1. The third-order valence-electron chi connectivity index (χ3n) is 4.10. The topological polar surface area (TPSA) is 38.3 Å². The van der Waals surface area contributed by atoms with E-state index in [0.717, 1.165) is 11.8 Å². The molecule has 2 bridgehead atoms. The van der Waals surface area contributed by atoms with E-state index in [4.69, 9.17) is 4.74 Å². The summed E-state index contributed by atoms with van der Waals surface area (Å²) in [6, 6.07) is 0.322. The third-order valence-corrected chi connectivity index (χ3v) is 4.10. The van der Waals surface area contributed by atoms with Gasteiger partial charge < -0.3 is 10.1 Å². The van der Waals surface area contributed by atoms with Crippen LogP contribution in [-0.2, 0) is 9.53 Å². The number of ether oxygens (including phenoxy) is 1. The molecule has 0 radical (unpaired) electrons. The fraction of sp³-hybridized carbons (Fsp3) is 0.917. The van der Waals surface area contributed by atoms with Crippen LogP contribution in [0.15, 0.2) is 0 Å². The summed E-state index contributed by atoms with van der Waals surface area (Å²) in [5, 5.41) is 3.04. The molecule has 15 heavy (non-hydrogen) atoms. The van der Waals surface area contributed by atoms with Crippen LogP contribution in [0.3, 0.4) is 0 Å². The van der Waals surface area contributed by atoms with E-state index in [1.54, 1.807) is 7.11 Å². The lowest BCUT2D eigenvalue weighted by molar-refractivity contribution is -0.125. The van der Waals surface area contributed by atoms with Gasteiger partial charge in [-0.3, -0.25) is 4.79 Å². The molecule has 86 valence electrons. The minimum atomic E-state index is 0.0211. The van der Waals surface area contributed by atoms with Crippen molar-refractivity contribution in [1.82, 2.24) is 5.32 Å². The number of amides is 1. The lowest BCUT2D eigenvalue weighted by atomic mass is 9.84. The number of carbonyl (C=O) groups excluding carboxylic acids is 1. The zero-order valence-electron chi connectivity index (χ0n) is 9.66. The largest absolute Gasteiger partial charge is 0.375 e. The average molecular weight is 211 g/mol. The van der Waals surface area contributed by atoms with Gasteiger partial charge in [0.05, 0.1) is 0 Å². The molecule has 0 aromatic carbocycles. The highest BCUT2D eigenvalue weighted by atomic mass is 16.5. The maximum absolute atomic E-state index is 11.4. The molecular formula is C12H21NO2. The van der Waals surface area contributed by atoms with Crippen LogP contribution in [0.4, 0.5) is 0 Å². The number of carbonyl (C=O) groups is 1. The van der Waals surface area contributed by atoms with Crippen molar-refractivity contribution in [3.63, 3.8) is 0 Å². The van der Waals surface area contributed by atoms with Crippen LogP contribution in [-0.4, -0.2) is 25.7 Å². The van der Waals surface area contributed by atoms with E-state index in [1.165, 1.54) is 25.7 Å². The van der Waals surface area contributed by atoms with E-state index in [2.05, 4.69) is 12.2 Å². The number of hydrogen-bond donors (Lipinski definition) is 1. The van der Waals surface area contributed by atoms with Crippen molar-refractivity contribution in [2.45, 2.75) is 38.6 Å². The molecule has 0 heterocycles. The predicted molar refractivity (Wildman–Crippen MR) is 58.4 cm³/mol. The minimum Gasteiger partial charge on any atom is -0.375 e. The Morgan fingerprint density at radius 2 is 2.27 bits per heavy atom. The van der Waals surface area contributed by atoms with Crippen molar-refractivity contribution < 1.29 is 9.53 Å². The van der Waals surface area contributed by atoms with E-state index < -0.39 is 0 Å². The van der Waals surface area contributed by atoms with Gasteiger partial charge >= 0.3 is 0 Å². The second-order valence-electron chi connectivity index (χ2n) is 5.13. The molecule has 0 aromatic rings. The summed E-state index contributed by atoms with van der Waals surface area (Å²) in [4.78, 5) is 11.4. The van der Waals surface area contributed by atoms with Gasteiger partial charge in [0.2, 0.25) is 5.91 Å². The van der Waals surface area contributed by atoms with Crippen molar-refractivity contribution in [3.8, 4) is 0 Å². The fourth-order valence-electron chi connectivity index (χ4n) is 3.44. The molecule has 3 heteroatoms.